The summed E-state index contributed by atoms with van der Waals surface area (Å²) in [5.41, 5.74) is 2.07. The van der Waals surface area contributed by atoms with Gasteiger partial charge >= 0.3 is 0 Å². The van der Waals surface area contributed by atoms with Crippen molar-refractivity contribution in [1.82, 2.24) is 0 Å². The van der Waals surface area contributed by atoms with Crippen molar-refractivity contribution in [3.8, 4) is 5.75 Å². The van der Waals surface area contributed by atoms with Crippen molar-refractivity contribution in [2.45, 2.75) is 19.4 Å². The zero-order valence-electron chi connectivity index (χ0n) is 13.5. The van der Waals surface area contributed by atoms with E-state index in [2.05, 4.69) is 31.2 Å². The van der Waals surface area contributed by atoms with E-state index in [0.29, 0.717) is 0 Å². The van der Waals surface area contributed by atoms with Crippen LogP contribution in [-0.2, 0) is 4.79 Å². The maximum absolute atomic E-state index is 12.4. The zero-order chi connectivity index (χ0) is 16.2. The van der Waals surface area contributed by atoms with Crippen molar-refractivity contribution in [3.05, 3.63) is 66.2 Å². The molecule has 0 saturated carbocycles. The number of carbonyl (C=O) groups excluding carboxylic acids is 1. The highest BCUT2D eigenvalue weighted by Gasteiger charge is 2.45. The summed E-state index contributed by atoms with van der Waals surface area (Å²) in [6.07, 6.45) is 5.08. The van der Waals surface area contributed by atoms with E-state index in [0.717, 1.165) is 23.4 Å². The lowest BCUT2D eigenvalue weighted by atomic mass is 9.84. The van der Waals surface area contributed by atoms with E-state index in [-0.39, 0.29) is 17.9 Å². The van der Waals surface area contributed by atoms with E-state index in [1.54, 1.807) is 7.11 Å². The van der Waals surface area contributed by atoms with Gasteiger partial charge in [-0.25, -0.2) is 0 Å². The lowest BCUT2D eigenvalue weighted by molar-refractivity contribution is -0.129. The Bertz CT molecular complexity index is 691. The van der Waals surface area contributed by atoms with Crippen LogP contribution in [0.25, 0.3) is 6.08 Å². The summed E-state index contributed by atoms with van der Waals surface area (Å²) >= 11 is 0. The highest BCUT2D eigenvalue weighted by Crippen LogP contribution is 2.36. The Morgan fingerprint density at radius 1 is 1.09 bits per heavy atom. The number of nitrogens with zero attached hydrogens (tertiary/aromatic N) is 1. The second-order valence-electron chi connectivity index (χ2n) is 5.68. The van der Waals surface area contributed by atoms with Gasteiger partial charge in [0.15, 0.2) is 0 Å². The van der Waals surface area contributed by atoms with Crippen LogP contribution < -0.4 is 9.64 Å². The Morgan fingerprint density at radius 3 is 2.39 bits per heavy atom. The fourth-order valence-electron chi connectivity index (χ4n) is 3.02. The standard InChI is InChI=1S/C20H21NO2/c1-3-18-19(14-9-15-7-5-4-6-8-15)21(20(18)22)16-10-12-17(23-2)13-11-16/h4-14,18-19H,3H2,1-2H3/b14-9+/t18-,19+/m1/s1. The van der Waals surface area contributed by atoms with Gasteiger partial charge in [-0.15, -0.1) is 0 Å². The van der Waals surface area contributed by atoms with E-state index in [1.807, 2.05) is 47.4 Å². The maximum atomic E-state index is 12.4. The van der Waals surface area contributed by atoms with Crippen molar-refractivity contribution in [3.63, 3.8) is 0 Å². The molecular formula is C20H21NO2. The molecule has 2 atom stereocenters. The summed E-state index contributed by atoms with van der Waals surface area (Å²) < 4.78 is 5.18. The predicted molar refractivity (Wildman–Crippen MR) is 93.5 cm³/mol. The molecule has 1 aliphatic rings. The largest absolute Gasteiger partial charge is 0.497 e. The van der Waals surface area contributed by atoms with Crippen molar-refractivity contribution < 1.29 is 9.53 Å². The van der Waals surface area contributed by atoms with Crippen LogP contribution in [0.4, 0.5) is 5.69 Å². The number of amides is 1. The van der Waals surface area contributed by atoms with Crippen molar-refractivity contribution >= 4 is 17.7 Å². The van der Waals surface area contributed by atoms with Crippen LogP contribution in [0.1, 0.15) is 18.9 Å². The molecule has 1 aliphatic heterocycles. The number of hydrogen-bond acceptors (Lipinski definition) is 2. The van der Waals surface area contributed by atoms with Crippen LogP contribution in [0, 0.1) is 5.92 Å². The molecule has 1 amide bonds. The quantitative estimate of drug-likeness (QED) is 0.777. The minimum atomic E-state index is 0.0667. The first-order valence-corrected chi connectivity index (χ1v) is 7.95. The summed E-state index contributed by atoms with van der Waals surface area (Å²) in [7, 11) is 1.64. The van der Waals surface area contributed by atoms with Gasteiger partial charge in [-0.3, -0.25) is 4.79 Å². The van der Waals surface area contributed by atoms with Gasteiger partial charge in [0.1, 0.15) is 5.75 Å². The smallest absolute Gasteiger partial charge is 0.233 e. The molecule has 3 heteroatoms. The Balaban J connectivity index is 1.83. The SMILES string of the molecule is CC[C@H]1C(=O)N(c2ccc(OC)cc2)[C@H]1/C=C/c1ccccc1. The second kappa shape index (κ2) is 6.69. The summed E-state index contributed by atoms with van der Waals surface area (Å²) in [6, 6.07) is 17.9. The topological polar surface area (TPSA) is 29.5 Å². The number of methoxy groups -OCH3 is 1. The van der Waals surface area contributed by atoms with Crippen LogP contribution >= 0.6 is 0 Å². The van der Waals surface area contributed by atoms with Gasteiger partial charge in [-0.2, -0.15) is 0 Å². The van der Waals surface area contributed by atoms with Gasteiger partial charge in [0, 0.05) is 5.69 Å². The molecule has 2 aromatic rings. The third-order valence-corrected chi connectivity index (χ3v) is 4.34. The van der Waals surface area contributed by atoms with Crippen LogP contribution in [0.15, 0.2) is 60.7 Å². The van der Waals surface area contributed by atoms with E-state index in [1.165, 1.54) is 0 Å². The monoisotopic (exact) mass is 307 g/mol. The van der Waals surface area contributed by atoms with E-state index in [9.17, 15) is 4.79 Å². The van der Waals surface area contributed by atoms with Crippen LogP contribution in [0.3, 0.4) is 0 Å². The lowest BCUT2D eigenvalue weighted by Crippen LogP contribution is -2.60. The number of β-lactam (4-membered cyclic amide) rings is 1. The summed E-state index contributed by atoms with van der Waals surface area (Å²) in [5, 5.41) is 0. The van der Waals surface area contributed by atoms with E-state index in [4.69, 9.17) is 4.74 Å². The van der Waals surface area contributed by atoms with Gasteiger partial charge in [0.05, 0.1) is 19.1 Å². The summed E-state index contributed by atoms with van der Waals surface area (Å²) in [4.78, 5) is 14.3. The molecule has 0 radical (unpaired) electrons. The van der Waals surface area contributed by atoms with Crippen LogP contribution in [0.2, 0.25) is 0 Å². The highest BCUT2D eigenvalue weighted by molar-refractivity contribution is 6.03. The van der Waals surface area contributed by atoms with E-state index < -0.39 is 0 Å². The number of rotatable bonds is 5. The van der Waals surface area contributed by atoms with Gasteiger partial charge < -0.3 is 9.64 Å². The molecule has 1 heterocycles. The average molecular weight is 307 g/mol. The first kappa shape index (κ1) is 15.3. The third-order valence-electron chi connectivity index (χ3n) is 4.34. The first-order chi connectivity index (χ1) is 11.2. The fourth-order valence-corrected chi connectivity index (χ4v) is 3.02. The Kier molecular flexibility index (Phi) is 4.47. The lowest BCUT2D eigenvalue weighted by Gasteiger charge is -2.45. The number of hydrogen-bond donors (Lipinski definition) is 0. The Labute approximate surface area is 137 Å². The van der Waals surface area contributed by atoms with Crippen molar-refractivity contribution in [2.75, 3.05) is 12.0 Å². The zero-order valence-corrected chi connectivity index (χ0v) is 13.5. The molecule has 3 nitrogen and oxygen atoms in total. The molecule has 0 aromatic heterocycles. The van der Waals surface area contributed by atoms with Gasteiger partial charge in [-0.1, -0.05) is 49.4 Å². The molecule has 0 aliphatic carbocycles. The molecule has 23 heavy (non-hydrogen) atoms. The molecule has 2 aromatic carbocycles. The second-order valence-corrected chi connectivity index (χ2v) is 5.68. The normalized spacial score (nSPS) is 20.6. The number of carbonyl (C=O) groups is 1. The summed E-state index contributed by atoms with van der Waals surface area (Å²) in [6.45, 7) is 2.07. The Hall–Kier alpha value is -2.55. The molecule has 1 fully saturated rings. The number of benzene rings is 2. The molecule has 0 spiro atoms. The highest BCUT2D eigenvalue weighted by atomic mass is 16.5. The molecule has 0 unspecified atom stereocenters. The Morgan fingerprint density at radius 2 is 1.78 bits per heavy atom. The van der Waals surface area contributed by atoms with E-state index >= 15 is 0 Å². The van der Waals surface area contributed by atoms with Crippen molar-refractivity contribution in [2.24, 2.45) is 5.92 Å². The van der Waals surface area contributed by atoms with Gasteiger partial charge in [0.2, 0.25) is 5.91 Å². The molecule has 1 saturated heterocycles. The van der Waals surface area contributed by atoms with Crippen LogP contribution in [0.5, 0.6) is 5.75 Å². The maximum Gasteiger partial charge on any atom is 0.233 e. The minimum absolute atomic E-state index is 0.0667. The summed E-state index contributed by atoms with van der Waals surface area (Å²) in [5.74, 6) is 1.06. The van der Waals surface area contributed by atoms with Gasteiger partial charge in [-0.05, 0) is 36.2 Å². The molecule has 118 valence electrons. The van der Waals surface area contributed by atoms with Crippen LogP contribution in [-0.4, -0.2) is 19.1 Å². The third kappa shape index (κ3) is 3.00. The molecule has 0 bridgehead atoms. The average Bonchev–Trinajstić information content (AvgIpc) is 2.60. The predicted octanol–water partition coefficient (Wildman–Crippen LogP) is 4.15. The van der Waals surface area contributed by atoms with Gasteiger partial charge in [0.25, 0.3) is 0 Å². The first-order valence-electron chi connectivity index (χ1n) is 7.95. The fraction of sp³-hybridized carbons (Fsp3) is 0.250. The van der Waals surface area contributed by atoms with Crippen molar-refractivity contribution in [1.29, 1.82) is 0 Å². The molecule has 3 rings (SSSR count). The number of anilines is 1. The number of ether oxygens (including phenoxy) is 1. The minimum Gasteiger partial charge on any atom is -0.497 e. The molecule has 0 N–H and O–H groups in total. The molecular weight excluding hydrogens is 286 g/mol.